The zero-order valence-electron chi connectivity index (χ0n) is 11.1. The van der Waals surface area contributed by atoms with Crippen LogP contribution in [0, 0.1) is 5.92 Å². The molecule has 2 heterocycles. The van der Waals surface area contributed by atoms with Gasteiger partial charge in [0, 0.05) is 0 Å². The molecule has 1 aromatic rings. The van der Waals surface area contributed by atoms with Crippen LogP contribution >= 0.6 is 0 Å². The summed E-state index contributed by atoms with van der Waals surface area (Å²) in [6.07, 6.45) is 4.11. The molecule has 0 bridgehead atoms. The van der Waals surface area contributed by atoms with E-state index in [2.05, 4.69) is 17.4 Å². The third-order valence-electron chi connectivity index (χ3n) is 3.83. The molecule has 0 aromatic heterocycles. The van der Waals surface area contributed by atoms with Crippen molar-refractivity contribution in [2.24, 2.45) is 5.92 Å². The minimum atomic E-state index is 0.0523. The van der Waals surface area contributed by atoms with E-state index in [4.69, 9.17) is 4.84 Å². The van der Waals surface area contributed by atoms with Gasteiger partial charge in [0.15, 0.2) is 0 Å². The van der Waals surface area contributed by atoms with Crippen LogP contribution in [0.2, 0.25) is 0 Å². The van der Waals surface area contributed by atoms with Crippen LogP contribution in [-0.4, -0.2) is 25.6 Å². The first-order valence-corrected chi connectivity index (χ1v) is 7.08. The van der Waals surface area contributed by atoms with Gasteiger partial charge in [-0.15, -0.1) is 0 Å². The molecule has 2 aliphatic rings. The molecule has 1 amide bonds. The van der Waals surface area contributed by atoms with Crippen LogP contribution in [-0.2, 0) is 16.1 Å². The molecule has 4 heteroatoms. The van der Waals surface area contributed by atoms with E-state index in [1.54, 1.807) is 0 Å². The van der Waals surface area contributed by atoms with Crippen molar-refractivity contribution in [1.82, 2.24) is 5.32 Å². The fourth-order valence-corrected chi connectivity index (χ4v) is 2.86. The van der Waals surface area contributed by atoms with E-state index in [-0.39, 0.29) is 5.91 Å². The van der Waals surface area contributed by atoms with Crippen LogP contribution in [0.5, 0.6) is 0 Å². The highest BCUT2D eigenvalue weighted by atomic mass is 16.7. The number of carbonyl (C=O) groups is 1. The SMILES string of the molecule is O=C1CCON1c1cccc(CC2CCCNC2)c1. The van der Waals surface area contributed by atoms with Gasteiger partial charge in [-0.25, -0.2) is 0 Å². The summed E-state index contributed by atoms with van der Waals surface area (Å²) >= 11 is 0. The molecule has 102 valence electrons. The molecule has 4 nitrogen and oxygen atoms in total. The van der Waals surface area contributed by atoms with E-state index in [0.29, 0.717) is 18.9 Å². The summed E-state index contributed by atoms with van der Waals surface area (Å²) in [6.45, 7) is 2.74. The van der Waals surface area contributed by atoms with Crippen molar-refractivity contribution < 1.29 is 9.63 Å². The van der Waals surface area contributed by atoms with E-state index in [0.717, 1.165) is 25.2 Å². The minimum absolute atomic E-state index is 0.0523. The minimum Gasteiger partial charge on any atom is -0.316 e. The summed E-state index contributed by atoms with van der Waals surface area (Å²) in [6, 6.07) is 8.16. The Balaban J connectivity index is 1.70. The van der Waals surface area contributed by atoms with Gasteiger partial charge in [0.05, 0.1) is 18.7 Å². The van der Waals surface area contributed by atoms with Crippen molar-refractivity contribution >= 4 is 11.6 Å². The maximum atomic E-state index is 11.7. The lowest BCUT2D eigenvalue weighted by molar-refractivity contribution is -0.119. The number of amides is 1. The van der Waals surface area contributed by atoms with E-state index in [1.807, 2.05) is 12.1 Å². The lowest BCUT2D eigenvalue weighted by Crippen LogP contribution is -2.30. The number of hydrogen-bond donors (Lipinski definition) is 1. The second kappa shape index (κ2) is 5.72. The number of hydrogen-bond acceptors (Lipinski definition) is 3. The smallest absolute Gasteiger partial charge is 0.253 e. The van der Waals surface area contributed by atoms with Crippen LogP contribution < -0.4 is 10.4 Å². The molecule has 2 aliphatic heterocycles. The lowest BCUT2D eigenvalue weighted by atomic mass is 9.92. The van der Waals surface area contributed by atoms with Crippen LogP contribution in [0.1, 0.15) is 24.8 Å². The second-order valence-corrected chi connectivity index (χ2v) is 5.36. The Morgan fingerprint density at radius 3 is 3.11 bits per heavy atom. The highest BCUT2D eigenvalue weighted by molar-refractivity contribution is 5.92. The topological polar surface area (TPSA) is 41.6 Å². The number of piperidine rings is 1. The van der Waals surface area contributed by atoms with Gasteiger partial charge >= 0.3 is 0 Å². The molecular formula is C15H20N2O2. The largest absolute Gasteiger partial charge is 0.316 e. The first-order valence-electron chi connectivity index (χ1n) is 7.08. The zero-order chi connectivity index (χ0) is 13.1. The molecule has 0 saturated carbocycles. The van der Waals surface area contributed by atoms with Gasteiger partial charge in [-0.05, 0) is 56.0 Å². The fraction of sp³-hybridized carbons (Fsp3) is 0.533. The molecule has 2 fully saturated rings. The van der Waals surface area contributed by atoms with Gasteiger partial charge < -0.3 is 5.32 Å². The number of anilines is 1. The number of nitrogens with one attached hydrogen (secondary N) is 1. The third-order valence-corrected chi connectivity index (χ3v) is 3.83. The maximum Gasteiger partial charge on any atom is 0.253 e. The first kappa shape index (κ1) is 12.6. The van der Waals surface area contributed by atoms with Gasteiger partial charge in [0.1, 0.15) is 0 Å². The summed E-state index contributed by atoms with van der Waals surface area (Å²) in [5.41, 5.74) is 2.15. The van der Waals surface area contributed by atoms with E-state index in [9.17, 15) is 4.79 Å². The van der Waals surface area contributed by atoms with Gasteiger partial charge in [-0.2, -0.15) is 5.06 Å². The summed E-state index contributed by atoms with van der Waals surface area (Å²) in [7, 11) is 0. The van der Waals surface area contributed by atoms with Gasteiger partial charge in [0.2, 0.25) is 0 Å². The highest BCUT2D eigenvalue weighted by Gasteiger charge is 2.23. The van der Waals surface area contributed by atoms with E-state index in [1.165, 1.54) is 23.5 Å². The quantitative estimate of drug-likeness (QED) is 0.902. The zero-order valence-corrected chi connectivity index (χ0v) is 11.1. The van der Waals surface area contributed by atoms with Gasteiger partial charge in [0.25, 0.3) is 5.91 Å². The summed E-state index contributed by atoms with van der Waals surface area (Å²) in [5.74, 6) is 0.760. The van der Waals surface area contributed by atoms with E-state index >= 15 is 0 Å². The molecule has 0 spiro atoms. The summed E-state index contributed by atoms with van der Waals surface area (Å²) in [4.78, 5) is 17.0. The second-order valence-electron chi connectivity index (χ2n) is 5.36. The fourth-order valence-electron chi connectivity index (χ4n) is 2.86. The molecule has 0 radical (unpaired) electrons. The number of benzene rings is 1. The van der Waals surface area contributed by atoms with Crippen molar-refractivity contribution in [2.45, 2.75) is 25.7 Å². The molecule has 1 N–H and O–H groups in total. The highest BCUT2D eigenvalue weighted by Crippen LogP contribution is 2.23. The average Bonchev–Trinajstić information content (AvgIpc) is 2.86. The molecular weight excluding hydrogens is 240 g/mol. The molecule has 2 saturated heterocycles. The normalized spacial score (nSPS) is 23.9. The van der Waals surface area contributed by atoms with Crippen LogP contribution in [0.3, 0.4) is 0 Å². The monoisotopic (exact) mass is 260 g/mol. The Morgan fingerprint density at radius 2 is 2.37 bits per heavy atom. The van der Waals surface area contributed by atoms with Crippen LogP contribution in [0.15, 0.2) is 24.3 Å². The average molecular weight is 260 g/mol. The van der Waals surface area contributed by atoms with Gasteiger partial charge in [-0.1, -0.05) is 12.1 Å². The van der Waals surface area contributed by atoms with Gasteiger partial charge in [-0.3, -0.25) is 9.63 Å². The predicted molar refractivity (Wildman–Crippen MR) is 73.8 cm³/mol. The Labute approximate surface area is 113 Å². The Bertz CT molecular complexity index is 455. The van der Waals surface area contributed by atoms with Crippen molar-refractivity contribution in [2.75, 3.05) is 24.8 Å². The third kappa shape index (κ3) is 2.96. The Morgan fingerprint density at radius 1 is 1.42 bits per heavy atom. The van der Waals surface area contributed by atoms with Crippen LogP contribution in [0.25, 0.3) is 0 Å². The van der Waals surface area contributed by atoms with Crippen molar-refractivity contribution in [1.29, 1.82) is 0 Å². The molecule has 0 aliphatic carbocycles. The van der Waals surface area contributed by atoms with Crippen molar-refractivity contribution in [3.8, 4) is 0 Å². The van der Waals surface area contributed by atoms with Crippen LogP contribution in [0.4, 0.5) is 5.69 Å². The standard InChI is InChI=1S/C15H20N2O2/c18-15-6-8-19-17(15)14-5-1-3-12(10-14)9-13-4-2-7-16-11-13/h1,3,5,10,13,16H,2,4,6-9,11H2. The molecule has 3 rings (SSSR count). The number of hydroxylamine groups is 1. The molecule has 1 atom stereocenters. The Kier molecular flexibility index (Phi) is 3.80. The maximum absolute atomic E-state index is 11.7. The van der Waals surface area contributed by atoms with Crippen molar-refractivity contribution in [3.05, 3.63) is 29.8 Å². The molecule has 1 unspecified atom stereocenters. The summed E-state index contributed by atoms with van der Waals surface area (Å²) in [5, 5.41) is 4.88. The van der Waals surface area contributed by atoms with E-state index < -0.39 is 0 Å². The number of rotatable bonds is 3. The molecule has 19 heavy (non-hydrogen) atoms. The van der Waals surface area contributed by atoms with Crippen molar-refractivity contribution in [3.63, 3.8) is 0 Å². The predicted octanol–water partition coefficient (Wildman–Crippen LogP) is 1.90. The first-order chi connectivity index (χ1) is 9.33. The lowest BCUT2D eigenvalue weighted by Gasteiger charge is -2.23. The summed E-state index contributed by atoms with van der Waals surface area (Å²) < 4.78 is 0. The number of carbonyl (C=O) groups excluding carboxylic acids is 1. The molecule has 1 aromatic carbocycles. The Hall–Kier alpha value is -1.39. The number of nitrogens with zero attached hydrogens (tertiary/aromatic N) is 1.